The zero-order chi connectivity index (χ0) is 42.3. The first kappa shape index (κ1) is 34.7. The third-order valence-electron chi connectivity index (χ3n) is 13.9. The van der Waals surface area contributed by atoms with Crippen molar-refractivity contribution in [3.63, 3.8) is 0 Å². The highest BCUT2D eigenvalue weighted by molar-refractivity contribution is 6.35. The Bertz CT molecular complexity index is 4460. The van der Waals surface area contributed by atoms with Gasteiger partial charge in [-0.2, -0.15) is 0 Å². The Morgan fingerprint density at radius 1 is 0.292 bits per heavy atom. The van der Waals surface area contributed by atoms with Crippen molar-refractivity contribution in [2.45, 2.75) is 0 Å². The molecule has 65 heavy (non-hydrogen) atoms. The van der Waals surface area contributed by atoms with E-state index in [0.717, 1.165) is 50.4 Å². The molecule has 5 nitrogen and oxygen atoms in total. The summed E-state index contributed by atoms with van der Waals surface area (Å²) in [7, 11) is 0. The van der Waals surface area contributed by atoms with Crippen molar-refractivity contribution >= 4 is 104 Å². The average molecular weight is 826 g/mol. The minimum atomic E-state index is 0.854. The van der Waals surface area contributed by atoms with Crippen molar-refractivity contribution in [2.24, 2.45) is 0 Å². The van der Waals surface area contributed by atoms with Crippen LogP contribution in [0.1, 0.15) is 0 Å². The van der Waals surface area contributed by atoms with E-state index in [2.05, 4.69) is 214 Å². The fourth-order valence-corrected chi connectivity index (χ4v) is 11.2. The molecule has 0 spiro atoms. The van der Waals surface area contributed by atoms with Crippen molar-refractivity contribution in [1.29, 1.82) is 0 Å². The molecular weight excluding hydrogens is 791 g/mol. The quantitative estimate of drug-likeness (QED) is 0.177. The molecule has 15 aromatic rings. The van der Waals surface area contributed by atoms with Gasteiger partial charge in [-0.1, -0.05) is 140 Å². The maximum absolute atomic E-state index is 5.39. The summed E-state index contributed by atoms with van der Waals surface area (Å²) in [5, 5.41) is 12.4. The van der Waals surface area contributed by atoms with Gasteiger partial charge in [-0.15, -0.1) is 0 Å². The molecule has 0 aliphatic carbocycles. The third-order valence-corrected chi connectivity index (χ3v) is 13.9. The van der Waals surface area contributed by atoms with E-state index >= 15 is 0 Å². The van der Waals surface area contributed by atoms with Crippen LogP contribution >= 0.6 is 0 Å². The van der Waals surface area contributed by atoms with Gasteiger partial charge in [0, 0.05) is 71.0 Å². The van der Waals surface area contributed by atoms with E-state index in [1.165, 1.54) is 87.0 Å². The molecule has 0 unspecified atom stereocenters. The molecule has 0 aliphatic heterocycles. The van der Waals surface area contributed by atoms with Gasteiger partial charge in [0.1, 0.15) is 0 Å². The van der Waals surface area contributed by atoms with Gasteiger partial charge in [0.05, 0.1) is 61.0 Å². The number of nitrogens with zero attached hydrogens (tertiary/aromatic N) is 5. The van der Waals surface area contributed by atoms with Crippen molar-refractivity contribution in [3.8, 4) is 33.9 Å². The molecule has 15 rings (SSSR count). The van der Waals surface area contributed by atoms with Crippen molar-refractivity contribution in [2.75, 3.05) is 0 Å². The summed E-state index contributed by atoms with van der Waals surface area (Å²) in [6.45, 7) is 0. The lowest BCUT2D eigenvalue weighted by atomic mass is 10.0. The molecule has 0 bridgehead atoms. The van der Waals surface area contributed by atoms with Gasteiger partial charge in [-0.25, -0.2) is 9.97 Å². The lowest BCUT2D eigenvalue weighted by Gasteiger charge is -2.14. The first-order chi connectivity index (χ1) is 32.3. The Morgan fingerprint density at radius 3 is 1.62 bits per heavy atom. The van der Waals surface area contributed by atoms with Crippen LogP contribution in [0.15, 0.2) is 212 Å². The van der Waals surface area contributed by atoms with Crippen LogP contribution in [-0.4, -0.2) is 23.5 Å². The molecule has 0 atom stereocenters. The molecule has 0 N–H and O–H groups in total. The summed E-state index contributed by atoms with van der Waals surface area (Å²) < 4.78 is 7.36. The summed E-state index contributed by atoms with van der Waals surface area (Å²) in [6, 6.07) is 76.9. The SMILES string of the molecule is c1ccc(-n2c3ccccc3c3cc(-c4nc5ccccc5nc4-c4ccc(-n5c6c7ccccc7ccc6c6cc7c8ccccc8n8c9ccccc9c(c65)c78)cc4)ccc32)cc1. The highest BCUT2D eigenvalue weighted by Crippen LogP contribution is 2.48. The molecule has 5 heterocycles. The van der Waals surface area contributed by atoms with E-state index in [-0.39, 0.29) is 0 Å². The topological polar surface area (TPSA) is 40.0 Å². The van der Waals surface area contributed by atoms with Crippen molar-refractivity contribution < 1.29 is 0 Å². The number of aromatic nitrogens is 5. The lowest BCUT2D eigenvalue weighted by Crippen LogP contribution is -1.98. The molecule has 0 amide bonds. The smallest absolute Gasteiger partial charge is 0.0973 e. The Labute approximate surface area is 371 Å². The molecule has 0 saturated carbocycles. The fourth-order valence-electron chi connectivity index (χ4n) is 11.2. The van der Waals surface area contributed by atoms with Crippen LogP contribution in [0.4, 0.5) is 0 Å². The van der Waals surface area contributed by atoms with E-state index in [9.17, 15) is 0 Å². The number of hydrogen-bond donors (Lipinski definition) is 0. The summed E-state index contributed by atoms with van der Waals surface area (Å²) in [5.41, 5.74) is 16.2. The molecule has 300 valence electrons. The average Bonchev–Trinajstić information content (AvgIpc) is 4.10. The van der Waals surface area contributed by atoms with Crippen LogP contribution in [0.2, 0.25) is 0 Å². The largest absolute Gasteiger partial charge is 0.309 e. The number of fused-ring (bicyclic) bond motifs is 16. The van der Waals surface area contributed by atoms with Gasteiger partial charge in [0.25, 0.3) is 0 Å². The van der Waals surface area contributed by atoms with E-state index in [0.29, 0.717) is 0 Å². The maximum Gasteiger partial charge on any atom is 0.0973 e. The predicted octanol–water partition coefficient (Wildman–Crippen LogP) is 15.5. The predicted molar refractivity (Wildman–Crippen MR) is 271 cm³/mol. The second-order valence-corrected chi connectivity index (χ2v) is 17.3. The zero-order valence-corrected chi connectivity index (χ0v) is 34.9. The molecule has 0 radical (unpaired) electrons. The lowest BCUT2D eigenvalue weighted by molar-refractivity contribution is 1.18. The number of rotatable bonds is 4. The molecule has 0 saturated heterocycles. The molecule has 0 fully saturated rings. The minimum absolute atomic E-state index is 0.854. The van der Waals surface area contributed by atoms with E-state index in [1.807, 2.05) is 12.1 Å². The van der Waals surface area contributed by atoms with Gasteiger partial charge in [-0.3, -0.25) is 0 Å². The van der Waals surface area contributed by atoms with Crippen LogP contribution in [-0.2, 0) is 0 Å². The van der Waals surface area contributed by atoms with Crippen LogP contribution in [0, 0.1) is 0 Å². The van der Waals surface area contributed by atoms with Crippen LogP contribution < -0.4 is 0 Å². The highest BCUT2D eigenvalue weighted by Gasteiger charge is 2.25. The van der Waals surface area contributed by atoms with Crippen LogP contribution in [0.3, 0.4) is 0 Å². The van der Waals surface area contributed by atoms with Gasteiger partial charge in [-0.05, 0) is 78.2 Å². The second kappa shape index (κ2) is 12.9. The van der Waals surface area contributed by atoms with Gasteiger partial charge < -0.3 is 13.5 Å². The van der Waals surface area contributed by atoms with E-state index < -0.39 is 0 Å². The zero-order valence-electron chi connectivity index (χ0n) is 34.9. The van der Waals surface area contributed by atoms with Crippen LogP contribution in [0.25, 0.3) is 137 Å². The highest BCUT2D eigenvalue weighted by atomic mass is 15.0. The summed E-state index contributed by atoms with van der Waals surface area (Å²) in [4.78, 5) is 10.8. The third kappa shape index (κ3) is 4.71. The Morgan fingerprint density at radius 2 is 0.846 bits per heavy atom. The molecular formula is C60H35N5. The van der Waals surface area contributed by atoms with Crippen molar-refractivity contribution in [3.05, 3.63) is 212 Å². The Kier molecular flexibility index (Phi) is 6.89. The second-order valence-electron chi connectivity index (χ2n) is 17.3. The normalized spacial score (nSPS) is 12.3. The van der Waals surface area contributed by atoms with Gasteiger partial charge in [0.15, 0.2) is 0 Å². The standard InChI is InChI=1S/C60H35N5/c1-2-15-39(16-3-1)63-51-23-11-6-18-42(51)46-34-38(29-33-54(46)63)57-56(61-49-21-9-10-22-50(49)62-57)37-26-30-40(31-27-37)64-58-41-17-5-4-14-36(41)28-32-44(58)48-35-47-43-19-7-12-24-52(43)65-53-25-13-8-20-45(53)55(59(48)64)60(47)65/h1-35H. The van der Waals surface area contributed by atoms with Gasteiger partial charge in [0.2, 0.25) is 0 Å². The monoisotopic (exact) mass is 825 g/mol. The molecule has 0 aliphatic rings. The Balaban J connectivity index is 0.984. The van der Waals surface area contributed by atoms with Gasteiger partial charge >= 0.3 is 0 Å². The summed E-state index contributed by atoms with van der Waals surface area (Å²) >= 11 is 0. The fraction of sp³-hybridized carbons (Fsp3) is 0. The van der Waals surface area contributed by atoms with Crippen molar-refractivity contribution in [1.82, 2.24) is 23.5 Å². The first-order valence-electron chi connectivity index (χ1n) is 22.3. The first-order valence-corrected chi connectivity index (χ1v) is 22.3. The summed E-state index contributed by atoms with van der Waals surface area (Å²) in [5.74, 6) is 0. The minimum Gasteiger partial charge on any atom is -0.309 e. The van der Waals surface area contributed by atoms with E-state index in [4.69, 9.17) is 9.97 Å². The molecule has 5 heteroatoms. The van der Waals surface area contributed by atoms with E-state index in [1.54, 1.807) is 0 Å². The Hall–Kier alpha value is -8.80. The maximum atomic E-state index is 5.39. The molecule has 5 aromatic heterocycles. The van der Waals surface area contributed by atoms with Crippen LogP contribution in [0.5, 0.6) is 0 Å². The number of hydrogen-bond acceptors (Lipinski definition) is 2. The number of para-hydroxylation sites is 6. The number of benzene rings is 10. The molecule has 10 aromatic carbocycles. The summed E-state index contributed by atoms with van der Waals surface area (Å²) in [6.07, 6.45) is 0.